The van der Waals surface area contributed by atoms with Gasteiger partial charge < -0.3 is 9.47 Å². The molecule has 2 atom stereocenters. The predicted octanol–water partition coefficient (Wildman–Crippen LogP) is 7.14. The number of hydrogen-bond donors (Lipinski definition) is 0. The van der Waals surface area contributed by atoms with Crippen molar-refractivity contribution in [1.82, 2.24) is 0 Å². The number of rotatable bonds is 8. The first kappa shape index (κ1) is 23.3. The van der Waals surface area contributed by atoms with Crippen molar-refractivity contribution in [2.24, 2.45) is 23.7 Å². The molecule has 2 unspecified atom stereocenters. The van der Waals surface area contributed by atoms with E-state index in [9.17, 15) is 4.79 Å². The summed E-state index contributed by atoms with van der Waals surface area (Å²) in [5.41, 5.74) is 1.29. The predicted molar refractivity (Wildman–Crippen MR) is 123 cm³/mol. The van der Waals surface area contributed by atoms with Crippen LogP contribution in [0.3, 0.4) is 0 Å². The van der Waals surface area contributed by atoms with Crippen LogP contribution in [-0.4, -0.2) is 19.2 Å². The van der Waals surface area contributed by atoms with Crippen molar-refractivity contribution in [3.05, 3.63) is 29.8 Å². The third-order valence-electron chi connectivity index (χ3n) is 7.91. The Morgan fingerprint density at radius 2 is 1.47 bits per heavy atom. The molecular formula is C27H42O3. The van der Waals surface area contributed by atoms with E-state index in [1.807, 2.05) is 12.1 Å². The van der Waals surface area contributed by atoms with Gasteiger partial charge in [-0.25, -0.2) is 0 Å². The van der Waals surface area contributed by atoms with Crippen molar-refractivity contribution in [3.8, 4) is 5.75 Å². The quantitative estimate of drug-likeness (QED) is 0.335. The maximum Gasteiger partial charge on any atom is 0.314 e. The monoisotopic (exact) mass is 414 g/mol. The zero-order valence-corrected chi connectivity index (χ0v) is 19.6. The molecule has 0 spiro atoms. The van der Waals surface area contributed by atoms with Gasteiger partial charge in [0.05, 0.1) is 12.0 Å². The van der Waals surface area contributed by atoms with Gasteiger partial charge in [0.15, 0.2) is 0 Å². The molecule has 1 aromatic carbocycles. The van der Waals surface area contributed by atoms with E-state index in [1.165, 1.54) is 44.1 Å². The van der Waals surface area contributed by atoms with Crippen LogP contribution in [0.15, 0.2) is 24.3 Å². The molecule has 0 amide bonds. The molecule has 0 heterocycles. The first-order valence-corrected chi connectivity index (χ1v) is 12.3. The van der Waals surface area contributed by atoms with Crippen LogP contribution in [0.4, 0.5) is 0 Å². The Balaban J connectivity index is 1.42. The van der Waals surface area contributed by atoms with Crippen molar-refractivity contribution in [2.45, 2.75) is 97.0 Å². The number of benzene rings is 1. The minimum Gasteiger partial charge on any atom is -0.426 e. The zero-order valence-electron chi connectivity index (χ0n) is 19.6. The molecule has 2 aliphatic rings. The van der Waals surface area contributed by atoms with Crippen LogP contribution in [0.25, 0.3) is 0 Å². The molecule has 3 heteroatoms. The molecule has 2 fully saturated rings. The second kappa shape index (κ2) is 11.3. The van der Waals surface area contributed by atoms with Gasteiger partial charge in [-0.2, -0.15) is 0 Å². The van der Waals surface area contributed by atoms with Gasteiger partial charge in [0.2, 0.25) is 0 Å². The van der Waals surface area contributed by atoms with E-state index in [1.54, 1.807) is 7.11 Å². The van der Waals surface area contributed by atoms with Crippen LogP contribution in [0.1, 0.15) is 96.5 Å². The van der Waals surface area contributed by atoms with Gasteiger partial charge in [0, 0.05) is 7.11 Å². The number of carbonyl (C=O) groups excluding carboxylic acids is 1. The summed E-state index contributed by atoms with van der Waals surface area (Å²) in [5, 5.41) is 0. The van der Waals surface area contributed by atoms with Gasteiger partial charge >= 0.3 is 5.97 Å². The van der Waals surface area contributed by atoms with Crippen LogP contribution >= 0.6 is 0 Å². The van der Waals surface area contributed by atoms with Crippen LogP contribution in [0.2, 0.25) is 0 Å². The lowest BCUT2D eigenvalue weighted by molar-refractivity contribution is -0.140. The lowest BCUT2D eigenvalue weighted by atomic mass is 9.69. The van der Waals surface area contributed by atoms with Crippen molar-refractivity contribution < 1.29 is 14.3 Å². The van der Waals surface area contributed by atoms with Crippen molar-refractivity contribution >= 4 is 5.97 Å². The third-order valence-corrected chi connectivity index (χ3v) is 7.91. The largest absolute Gasteiger partial charge is 0.426 e. The Morgan fingerprint density at radius 1 is 0.900 bits per heavy atom. The highest BCUT2D eigenvalue weighted by Crippen LogP contribution is 2.41. The molecular weight excluding hydrogens is 372 g/mol. The Hall–Kier alpha value is -1.35. The molecule has 0 saturated heterocycles. The summed E-state index contributed by atoms with van der Waals surface area (Å²) in [6, 6.07) is 8.12. The Bertz CT molecular complexity index is 637. The van der Waals surface area contributed by atoms with Crippen LogP contribution in [-0.2, 0) is 9.53 Å². The van der Waals surface area contributed by atoms with E-state index < -0.39 is 0 Å². The van der Waals surface area contributed by atoms with E-state index in [0.29, 0.717) is 17.8 Å². The molecule has 3 rings (SSSR count). The number of hydrogen-bond acceptors (Lipinski definition) is 3. The Morgan fingerprint density at radius 3 is 2.03 bits per heavy atom. The average Bonchev–Trinajstić information content (AvgIpc) is 2.78. The molecule has 3 nitrogen and oxygen atoms in total. The number of methoxy groups -OCH3 is 1. The number of carbonyl (C=O) groups is 1. The highest BCUT2D eigenvalue weighted by molar-refractivity contribution is 5.75. The van der Waals surface area contributed by atoms with Gasteiger partial charge in [0.1, 0.15) is 5.75 Å². The third kappa shape index (κ3) is 6.57. The zero-order chi connectivity index (χ0) is 21.5. The molecule has 0 radical (unpaired) electrons. The standard InChI is InChI=1S/C27H42O3/c1-19-5-9-23(10-6-19)24-11-13-25(14-12-24)27(28)30-26-17-15-22(16-18-26)20(2)7-8-21(3)29-4/h15-21,23-25H,5-14H2,1-4H3. The van der Waals surface area contributed by atoms with E-state index in [-0.39, 0.29) is 11.9 Å². The van der Waals surface area contributed by atoms with Gasteiger partial charge in [-0.3, -0.25) is 4.79 Å². The van der Waals surface area contributed by atoms with Gasteiger partial charge in [0.25, 0.3) is 0 Å². The summed E-state index contributed by atoms with van der Waals surface area (Å²) in [7, 11) is 1.77. The fourth-order valence-electron chi connectivity index (χ4n) is 5.42. The maximum atomic E-state index is 12.7. The first-order chi connectivity index (χ1) is 14.5. The molecule has 30 heavy (non-hydrogen) atoms. The average molecular weight is 415 g/mol. The fourth-order valence-corrected chi connectivity index (χ4v) is 5.42. The van der Waals surface area contributed by atoms with E-state index in [0.717, 1.165) is 43.4 Å². The maximum absolute atomic E-state index is 12.7. The van der Waals surface area contributed by atoms with Gasteiger partial charge in [-0.15, -0.1) is 0 Å². The second-order valence-corrected chi connectivity index (χ2v) is 10.1. The molecule has 0 bridgehead atoms. The smallest absolute Gasteiger partial charge is 0.314 e. The molecule has 0 aromatic heterocycles. The topological polar surface area (TPSA) is 35.5 Å². The summed E-state index contributed by atoms with van der Waals surface area (Å²) in [6.45, 7) is 6.74. The van der Waals surface area contributed by atoms with Crippen LogP contribution in [0, 0.1) is 23.7 Å². The SMILES string of the molecule is COC(C)CCC(C)c1ccc(OC(=O)C2CCC(C3CCC(C)CC3)CC2)cc1. The second-order valence-electron chi connectivity index (χ2n) is 10.1. The highest BCUT2D eigenvalue weighted by Gasteiger charge is 2.33. The number of ether oxygens (including phenoxy) is 2. The van der Waals surface area contributed by atoms with Crippen molar-refractivity contribution in [2.75, 3.05) is 7.11 Å². The first-order valence-electron chi connectivity index (χ1n) is 12.3. The lowest BCUT2D eigenvalue weighted by Crippen LogP contribution is -2.29. The molecule has 2 aliphatic carbocycles. The lowest BCUT2D eigenvalue weighted by Gasteiger charge is -2.36. The molecule has 0 N–H and O–H groups in total. The molecule has 2 saturated carbocycles. The molecule has 0 aliphatic heterocycles. The Labute approximate surface area is 183 Å². The minimum absolute atomic E-state index is 0.0274. The summed E-state index contributed by atoms with van der Waals surface area (Å²) < 4.78 is 11.1. The van der Waals surface area contributed by atoms with Crippen molar-refractivity contribution in [1.29, 1.82) is 0 Å². The van der Waals surface area contributed by atoms with Crippen LogP contribution < -0.4 is 4.74 Å². The van der Waals surface area contributed by atoms with Crippen LogP contribution in [0.5, 0.6) is 5.75 Å². The summed E-state index contributed by atoms with van der Waals surface area (Å²) in [5.74, 6) is 3.87. The van der Waals surface area contributed by atoms with Gasteiger partial charge in [-0.1, -0.05) is 38.8 Å². The van der Waals surface area contributed by atoms with E-state index in [4.69, 9.17) is 9.47 Å². The minimum atomic E-state index is -0.0274. The molecule has 168 valence electrons. The fraction of sp³-hybridized carbons (Fsp3) is 0.741. The van der Waals surface area contributed by atoms with E-state index in [2.05, 4.69) is 32.9 Å². The summed E-state index contributed by atoms with van der Waals surface area (Å²) >= 11 is 0. The number of esters is 1. The van der Waals surface area contributed by atoms with Gasteiger partial charge in [-0.05, 0) is 99.7 Å². The van der Waals surface area contributed by atoms with E-state index >= 15 is 0 Å². The molecule has 1 aromatic rings. The Kier molecular flexibility index (Phi) is 8.80. The summed E-state index contributed by atoms with van der Waals surface area (Å²) in [6.07, 6.45) is 12.4. The highest BCUT2D eigenvalue weighted by atomic mass is 16.5. The normalized spacial score (nSPS) is 29.2. The van der Waals surface area contributed by atoms with Crippen molar-refractivity contribution in [3.63, 3.8) is 0 Å². The summed E-state index contributed by atoms with van der Waals surface area (Å²) in [4.78, 5) is 12.7.